The molecule has 1 N–H and O–H groups in total. The first kappa shape index (κ1) is 26.7. The standard InChI is InChI=1S/C31H43ClN4O/c1-3-36-19-15-25-8-4-5-10-28(25)31(36)16-20-35(21-17-31)30(37)29(22-24-11-13-26(32)14-12-24)33-23-27-9-6-7-18-34(27)2/h4-5,8,10-14,27,29,33H,3,6-7,9,15-23H2,1-2H3/t27?,29-/m1/s1. The van der Waals surface area contributed by atoms with Gasteiger partial charge in [-0.2, -0.15) is 0 Å². The lowest BCUT2D eigenvalue weighted by Gasteiger charge is -2.52. The molecular formula is C31H43ClN4O. The van der Waals surface area contributed by atoms with E-state index in [0.29, 0.717) is 12.5 Å². The van der Waals surface area contributed by atoms with Crippen LogP contribution >= 0.6 is 11.6 Å². The van der Waals surface area contributed by atoms with Crippen LogP contribution in [-0.4, -0.2) is 79.0 Å². The number of carbonyl (C=O) groups excluding carboxylic acids is 1. The summed E-state index contributed by atoms with van der Waals surface area (Å²) < 4.78 is 0. The van der Waals surface area contributed by atoms with E-state index in [0.717, 1.165) is 69.1 Å². The predicted molar refractivity (Wildman–Crippen MR) is 152 cm³/mol. The Labute approximate surface area is 228 Å². The molecule has 0 aliphatic carbocycles. The van der Waals surface area contributed by atoms with Gasteiger partial charge in [0.05, 0.1) is 6.04 Å². The third-order valence-electron chi connectivity index (χ3n) is 9.23. The largest absolute Gasteiger partial charge is 0.341 e. The van der Waals surface area contributed by atoms with Crippen LogP contribution in [0.5, 0.6) is 0 Å². The van der Waals surface area contributed by atoms with Crippen molar-refractivity contribution in [2.24, 2.45) is 0 Å². The van der Waals surface area contributed by atoms with Crippen molar-refractivity contribution in [1.82, 2.24) is 20.0 Å². The monoisotopic (exact) mass is 522 g/mol. The molecule has 6 heteroatoms. The normalized spacial score (nSPS) is 23.1. The number of hydrogen-bond donors (Lipinski definition) is 1. The van der Waals surface area contributed by atoms with Crippen molar-refractivity contribution in [1.29, 1.82) is 0 Å². The highest BCUT2D eigenvalue weighted by atomic mass is 35.5. The van der Waals surface area contributed by atoms with Crippen molar-refractivity contribution in [2.75, 3.05) is 46.3 Å². The van der Waals surface area contributed by atoms with Gasteiger partial charge < -0.3 is 15.1 Å². The van der Waals surface area contributed by atoms with Crippen LogP contribution in [-0.2, 0) is 23.2 Å². The Morgan fingerprint density at radius 1 is 1.05 bits per heavy atom. The number of nitrogens with zero attached hydrogens (tertiary/aromatic N) is 3. The zero-order valence-electron chi connectivity index (χ0n) is 22.6. The molecule has 2 aromatic carbocycles. The summed E-state index contributed by atoms with van der Waals surface area (Å²) in [4.78, 5) is 21.3. The molecule has 0 aromatic heterocycles. The number of carbonyl (C=O) groups is 1. The van der Waals surface area contributed by atoms with E-state index in [1.54, 1.807) is 0 Å². The topological polar surface area (TPSA) is 38.8 Å². The molecule has 1 spiro atoms. The molecule has 0 saturated carbocycles. The molecule has 2 aromatic rings. The van der Waals surface area contributed by atoms with E-state index in [9.17, 15) is 4.79 Å². The maximum atomic E-state index is 14.0. The second-order valence-corrected chi connectivity index (χ2v) is 11.7. The van der Waals surface area contributed by atoms with Crippen LogP contribution in [0.3, 0.4) is 0 Å². The van der Waals surface area contributed by atoms with Crippen LogP contribution in [0.4, 0.5) is 0 Å². The van der Waals surface area contributed by atoms with Crippen molar-refractivity contribution in [3.05, 3.63) is 70.2 Å². The van der Waals surface area contributed by atoms with Crippen LogP contribution in [0, 0.1) is 0 Å². The molecule has 5 nitrogen and oxygen atoms in total. The van der Waals surface area contributed by atoms with Gasteiger partial charge in [0.2, 0.25) is 5.91 Å². The Kier molecular flexibility index (Phi) is 8.55. The van der Waals surface area contributed by atoms with Gasteiger partial charge in [-0.15, -0.1) is 0 Å². The van der Waals surface area contributed by atoms with Crippen molar-refractivity contribution in [3.8, 4) is 0 Å². The van der Waals surface area contributed by atoms with Crippen molar-refractivity contribution < 1.29 is 4.79 Å². The molecule has 2 atom stereocenters. The average Bonchev–Trinajstić information content (AvgIpc) is 2.93. The average molecular weight is 523 g/mol. The van der Waals surface area contributed by atoms with Crippen LogP contribution < -0.4 is 5.32 Å². The maximum absolute atomic E-state index is 14.0. The molecule has 3 aliphatic rings. The second kappa shape index (κ2) is 11.9. The molecule has 37 heavy (non-hydrogen) atoms. The minimum atomic E-state index is -0.216. The lowest BCUT2D eigenvalue weighted by molar-refractivity contribution is -0.136. The minimum absolute atomic E-state index is 0.0598. The summed E-state index contributed by atoms with van der Waals surface area (Å²) in [7, 11) is 2.22. The summed E-state index contributed by atoms with van der Waals surface area (Å²) in [5, 5.41) is 4.44. The molecule has 1 amide bonds. The molecule has 0 radical (unpaired) electrons. The fourth-order valence-corrected chi connectivity index (χ4v) is 7.11. The summed E-state index contributed by atoms with van der Waals surface area (Å²) >= 11 is 6.14. The highest BCUT2D eigenvalue weighted by Crippen LogP contribution is 2.43. The number of likely N-dealkylation sites (tertiary alicyclic amines) is 2. The molecule has 0 bridgehead atoms. The van der Waals surface area contributed by atoms with Gasteiger partial charge in [-0.25, -0.2) is 0 Å². The van der Waals surface area contributed by atoms with Crippen LogP contribution in [0.1, 0.15) is 55.7 Å². The van der Waals surface area contributed by atoms with E-state index < -0.39 is 0 Å². The summed E-state index contributed by atoms with van der Waals surface area (Å²) in [5.41, 5.74) is 4.20. The van der Waals surface area contributed by atoms with Crippen molar-refractivity contribution in [2.45, 2.75) is 69.5 Å². The Hall–Kier alpha value is -1.92. The van der Waals surface area contributed by atoms with Gasteiger partial charge in [0.25, 0.3) is 0 Å². The summed E-state index contributed by atoms with van der Waals surface area (Å²) in [5.74, 6) is 0.246. The first-order valence-corrected chi connectivity index (χ1v) is 14.7. The van der Waals surface area contributed by atoms with E-state index in [-0.39, 0.29) is 17.5 Å². The Morgan fingerprint density at radius 2 is 1.81 bits per heavy atom. The quantitative estimate of drug-likeness (QED) is 0.571. The van der Waals surface area contributed by atoms with E-state index in [1.807, 2.05) is 12.1 Å². The number of benzene rings is 2. The van der Waals surface area contributed by atoms with Gasteiger partial charge in [0.15, 0.2) is 0 Å². The molecule has 3 heterocycles. The van der Waals surface area contributed by atoms with Gasteiger partial charge in [0.1, 0.15) is 0 Å². The number of fused-ring (bicyclic) bond motifs is 2. The molecular weight excluding hydrogens is 480 g/mol. The number of piperidine rings is 2. The van der Waals surface area contributed by atoms with Crippen LogP contribution in [0.2, 0.25) is 5.02 Å². The van der Waals surface area contributed by atoms with Gasteiger partial charge >= 0.3 is 0 Å². The number of halogens is 1. The number of hydrogen-bond acceptors (Lipinski definition) is 4. The first-order chi connectivity index (χ1) is 18.0. The van der Waals surface area contributed by atoms with Crippen molar-refractivity contribution >= 4 is 17.5 Å². The lowest BCUT2D eigenvalue weighted by atomic mass is 9.74. The predicted octanol–water partition coefficient (Wildman–Crippen LogP) is 4.72. The molecule has 2 fully saturated rings. The summed E-state index contributed by atoms with van der Waals surface area (Å²) in [6, 6.07) is 17.2. The highest BCUT2D eigenvalue weighted by Gasteiger charge is 2.45. The molecule has 3 aliphatic heterocycles. The molecule has 5 rings (SSSR count). The molecule has 1 unspecified atom stereocenters. The Bertz CT molecular complexity index is 1050. The number of nitrogens with one attached hydrogen (secondary N) is 1. The van der Waals surface area contributed by atoms with E-state index in [1.165, 1.54) is 30.4 Å². The zero-order chi connectivity index (χ0) is 25.8. The maximum Gasteiger partial charge on any atom is 0.240 e. The fourth-order valence-electron chi connectivity index (χ4n) is 6.98. The summed E-state index contributed by atoms with van der Waals surface area (Å²) in [6.07, 6.45) is 7.56. The minimum Gasteiger partial charge on any atom is -0.341 e. The Morgan fingerprint density at radius 3 is 2.54 bits per heavy atom. The highest BCUT2D eigenvalue weighted by molar-refractivity contribution is 6.30. The van der Waals surface area contributed by atoms with E-state index in [2.05, 4.69) is 70.4 Å². The van der Waals surface area contributed by atoms with Crippen molar-refractivity contribution in [3.63, 3.8) is 0 Å². The van der Waals surface area contributed by atoms with E-state index >= 15 is 0 Å². The SMILES string of the molecule is CCN1CCc2ccccc2C12CCN(C(=O)[C@@H](Cc1ccc(Cl)cc1)NCC1CCCCN1C)CC2. The number of likely N-dealkylation sites (N-methyl/N-ethyl adjacent to an activating group) is 2. The number of rotatable bonds is 7. The number of amides is 1. The van der Waals surface area contributed by atoms with Gasteiger partial charge in [-0.05, 0) is 87.5 Å². The van der Waals surface area contributed by atoms with Gasteiger partial charge in [0, 0.05) is 42.8 Å². The van der Waals surface area contributed by atoms with Crippen LogP contribution in [0.15, 0.2) is 48.5 Å². The zero-order valence-corrected chi connectivity index (χ0v) is 23.3. The third-order valence-corrected chi connectivity index (χ3v) is 9.48. The Balaban J connectivity index is 1.30. The second-order valence-electron chi connectivity index (χ2n) is 11.3. The van der Waals surface area contributed by atoms with Gasteiger partial charge in [-0.1, -0.05) is 61.3 Å². The van der Waals surface area contributed by atoms with Crippen LogP contribution in [0.25, 0.3) is 0 Å². The van der Waals surface area contributed by atoms with Gasteiger partial charge in [-0.3, -0.25) is 9.69 Å². The lowest BCUT2D eigenvalue weighted by Crippen LogP contribution is -2.59. The molecule has 200 valence electrons. The third kappa shape index (κ3) is 5.75. The summed E-state index contributed by atoms with van der Waals surface area (Å²) in [6.45, 7) is 8.06. The first-order valence-electron chi connectivity index (χ1n) is 14.3. The molecule has 2 saturated heterocycles. The fraction of sp³-hybridized carbons (Fsp3) is 0.581. The smallest absolute Gasteiger partial charge is 0.240 e. The van der Waals surface area contributed by atoms with E-state index in [4.69, 9.17) is 11.6 Å².